The monoisotopic (exact) mass is 294 g/mol. The lowest BCUT2D eigenvalue weighted by Gasteiger charge is -2.15. The van der Waals surface area contributed by atoms with Crippen LogP contribution in [0.5, 0.6) is 0 Å². The number of rotatable bonds is 9. The molecule has 3 N–H and O–H groups in total. The lowest BCUT2D eigenvalue weighted by Crippen LogP contribution is -2.44. The molecule has 1 rings (SSSR count). The van der Waals surface area contributed by atoms with Gasteiger partial charge in [-0.05, 0) is 24.1 Å². The Bertz CT molecular complexity index is 477. The van der Waals surface area contributed by atoms with Gasteiger partial charge in [0.05, 0.1) is 6.42 Å². The molecule has 0 fully saturated rings. The van der Waals surface area contributed by atoms with Crippen molar-refractivity contribution in [2.24, 2.45) is 5.73 Å². The molecule has 0 unspecified atom stereocenters. The van der Waals surface area contributed by atoms with Crippen molar-refractivity contribution >= 4 is 11.8 Å². The second-order valence-corrected chi connectivity index (χ2v) is 5.18. The molecule has 0 spiro atoms. The van der Waals surface area contributed by atoms with Gasteiger partial charge in [0.1, 0.15) is 11.9 Å². The van der Waals surface area contributed by atoms with Crippen LogP contribution in [-0.2, 0) is 16.0 Å². The summed E-state index contributed by atoms with van der Waals surface area (Å²) >= 11 is 0. The molecule has 116 valence electrons. The van der Waals surface area contributed by atoms with Gasteiger partial charge in [-0.3, -0.25) is 9.59 Å². The minimum absolute atomic E-state index is 0.0382. The average Bonchev–Trinajstić information content (AvgIpc) is 2.42. The third-order valence-electron chi connectivity index (χ3n) is 3.28. The Morgan fingerprint density at radius 1 is 1.29 bits per heavy atom. The van der Waals surface area contributed by atoms with E-state index < -0.39 is 11.9 Å². The SMILES string of the molecule is CCCCCC[C@@H](NC(=O)Cc1cccc(F)c1)C(N)=O. The topological polar surface area (TPSA) is 72.2 Å². The molecule has 1 aromatic carbocycles. The maximum absolute atomic E-state index is 13.0. The predicted octanol–water partition coefficient (Wildman–Crippen LogP) is 2.31. The van der Waals surface area contributed by atoms with Gasteiger partial charge in [0.25, 0.3) is 0 Å². The molecule has 0 bridgehead atoms. The molecule has 5 heteroatoms. The van der Waals surface area contributed by atoms with E-state index in [4.69, 9.17) is 5.73 Å². The van der Waals surface area contributed by atoms with Gasteiger partial charge in [0.15, 0.2) is 0 Å². The Labute approximate surface area is 124 Å². The minimum atomic E-state index is -0.650. The maximum Gasteiger partial charge on any atom is 0.239 e. The van der Waals surface area contributed by atoms with Crippen LogP contribution in [0, 0.1) is 5.82 Å². The minimum Gasteiger partial charge on any atom is -0.368 e. The summed E-state index contributed by atoms with van der Waals surface area (Å²) in [6.07, 6.45) is 4.65. The molecule has 1 atom stereocenters. The number of benzene rings is 1. The number of amides is 2. The summed E-state index contributed by atoms with van der Waals surface area (Å²) in [5.41, 5.74) is 5.87. The van der Waals surface area contributed by atoms with Crippen molar-refractivity contribution in [3.63, 3.8) is 0 Å². The van der Waals surface area contributed by atoms with E-state index in [9.17, 15) is 14.0 Å². The van der Waals surface area contributed by atoms with E-state index in [0.29, 0.717) is 12.0 Å². The third kappa shape index (κ3) is 6.88. The number of carbonyl (C=O) groups is 2. The summed E-state index contributed by atoms with van der Waals surface area (Å²) in [6.45, 7) is 2.10. The van der Waals surface area contributed by atoms with Gasteiger partial charge in [0.2, 0.25) is 11.8 Å². The molecule has 0 aromatic heterocycles. The van der Waals surface area contributed by atoms with Crippen molar-refractivity contribution in [1.82, 2.24) is 5.32 Å². The number of nitrogens with two attached hydrogens (primary N) is 1. The molecular formula is C16H23FN2O2. The highest BCUT2D eigenvalue weighted by molar-refractivity contribution is 5.87. The highest BCUT2D eigenvalue weighted by Crippen LogP contribution is 2.07. The molecule has 21 heavy (non-hydrogen) atoms. The van der Waals surface area contributed by atoms with E-state index in [2.05, 4.69) is 12.2 Å². The second-order valence-electron chi connectivity index (χ2n) is 5.18. The zero-order valence-electron chi connectivity index (χ0n) is 12.4. The van der Waals surface area contributed by atoms with Crippen LogP contribution < -0.4 is 11.1 Å². The smallest absolute Gasteiger partial charge is 0.239 e. The first-order valence-electron chi connectivity index (χ1n) is 7.36. The van der Waals surface area contributed by atoms with E-state index in [1.165, 1.54) is 12.1 Å². The first-order chi connectivity index (χ1) is 10.0. The molecule has 0 aliphatic rings. The van der Waals surface area contributed by atoms with Crippen molar-refractivity contribution in [3.8, 4) is 0 Å². The number of hydrogen-bond donors (Lipinski definition) is 2. The van der Waals surface area contributed by atoms with Crippen molar-refractivity contribution in [2.45, 2.75) is 51.5 Å². The van der Waals surface area contributed by atoms with Crippen molar-refractivity contribution in [3.05, 3.63) is 35.6 Å². The molecule has 0 saturated heterocycles. The molecule has 4 nitrogen and oxygen atoms in total. The molecule has 0 heterocycles. The molecule has 1 aromatic rings. The highest BCUT2D eigenvalue weighted by Gasteiger charge is 2.17. The number of nitrogens with one attached hydrogen (secondary N) is 1. The first-order valence-corrected chi connectivity index (χ1v) is 7.36. The highest BCUT2D eigenvalue weighted by atomic mass is 19.1. The van der Waals surface area contributed by atoms with Crippen LogP contribution in [0.25, 0.3) is 0 Å². The first kappa shape index (κ1) is 17.1. The van der Waals surface area contributed by atoms with Crippen LogP contribution in [0.4, 0.5) is 4.39 Å². The summed E-state index contributed by atoms with van der Waals surface area (Å²) in [5.74, 6) is -1.23. The van der Waals surface area contributed by atoms with Gasteiger partial charge in [-0.15, -0.1) is 0 Å². The van der Waals surface area contributed by atoms with Gasteiger partial charge in [-0.1, -0.05) is 44.7 Å². The van der Waals surface area contributed by atoms with E-state index in [0.717, 1.165) is 25.7 Å². The second kappa shape index (κ2) is 9.10. The number of hydrogen-bond acceptors (Lipinski definition) is 2. The molecular weight excluding hydrogens is 271 g/mol. The molecule has 2 amide bonds. The van der Waals surface area contributed by atoms with E-state index >= 15 is 0 Å². The van der Waals surface area contributed by atoms with E-state index in [1.54, 1.807) is 12.1 Å². The van der Waals surface area contributed by atoms with Gasteiger partial charge >= 0.3 is 0 Å². The molecule has 0 saturated carbocycles. The maximum atomic E-state index is 13.0. The Hall–Kier alpha value is -1.91. The third-order valence-corrected chi connectivity index (χ3v) is 3.28. The predicted molar refractivity (Wildman–Crippen MR) is 80.0 cm³/mol. The van der Waals surface area contributed by atoms with Crippen LogP contribution in [0.2, 0.25) is 0 Å². The van der Waals surface area contributed by atoms with Gasteiger partial charge in [-0.2, -0.15) is 0 Å². The summed E-state index contributed by atoms with van der Waals surface area (Å²) in [4.78, 5) is 23.2. The fourth-order valence-electron chi connectivity index (χ4n) is 2.14. The molecule has 0 aliphatic carbocycles. The summed E-state index contributed by atoms with van der Waals surface area (Å²) < 4.78 is 13.0. The summed E-state index contributed by atoms with van der Waals surface area (Å²) in [7, 11) is 0. The number of unbranched alkanes of at least 4 members (excludes halogenated alkanes) is 3. The normalized spacial score (nSPS) is 11.9. The Morgan fingerprint density at radius 3 is 2.67 bits per heavy atom. The van der Waals surface area contributed by atoms with Crippen LogP contribution in [-0.4, -0.2) is 17.9 Å². The van der Waals surface area contributed by atoms with Crippen LogP contribution in [0.3, 0.4) is 0 Å². The average molecular weight is 294 g/mol. The van der Waals surface area contributed by atoms with Crippen molar-refractivity contribution < 1.29 is 14.0 Å². The van der Waals surface area contributed by atoms with Crippen LogP contribution >= 0.6 is 0 Å². The Balaban J connectivity index is 2.46. The lowest BCUT2D eigenvalue weighted by atomic mass is 10.1. The summed E-state index contributed by atoms with van der Waals surface area (Å²) in [6, 6.07) is 5.20. The van der Waals surface area contributed by atoms with Crippen LogP contribution in [0.1, 0.15) is 44.6 Å². The summed E-state index contributed by atoms with van der Waals surface area (Å²) in [5, 5.41) is 2.63. The quantitative estimate of drug-likeness (QED) is 0.686. The number of carbonyl (C=O) groups excluding carboxylic acids is 2. The Kier molecular flexibility index (Phi) is 7.43. The van der Waals surface area contributed by atoms with Crippen molar-refractivity contribution in [2.75, 3.05) is 0 Å². The van der Waals surface area contributed by atoms with E-state index in [1.807, 2.05) is 0 Å². The standard InChI is InChI=1S/C16H23FN2O2/c1-2-3-4-5-9-14(16(18)21)19-15(20)11-12-7-6-8-13(17)10-12/h6-8,10,14H,2-5,9,11H2,1H3,(H2,18,21)(H,19,20)/t14-/m1/s1. The fourth-order valence-corrected chi connectivity index (χ4v) is 2.14. The van der Waals surface area contributed by atoms with Gasteiger partial charge in [0, 0.05) is 0 Å². The lowest BCUT2D eigenvalue weighted by molar-refractivity contribution is -0.127. The zero-order chi connectivity index (χ0) is 15.7. The Morgan fingerprint density at radius 2 is 2.05 bits per heavy atom. The van der Waals surface area contributed by atoms with Gasteiger partial charge < -0.3 is 11.1 Å². The number of halogens is 1. The zero-order valence-corrected chi connectivity index (χ0v) is 12.4. The molecule has 0 aliphatic heterocycles. The van der Waals surface area contributed by atoms with Crippen molar-refractivity contribution in [1.29, 1.82) is 0 Å². The largest absolute Gasteiger partial charge is 0.368 e. The van der Waals surface area contributed by atoms with Gasteiger partial charge in [-0.25, -0.2) is 4.39 Å². The van der Waals surface area contributed by atoms with E-state index in [-0.39, 0.29) is 18.1 Å². The number of primary amides is 1. The molecule has 0 radical (unpaired) electrons. The van der Waals surface area contributed by atoms with Crippen LogP contribution in [0.15, 0.2) is 24.3 Å². The fraction of sp³-hybridized carbons (Fsp3) is 0.500.